The molecule has 1 fully saturated rings. The Balaban J connectivity index is 1.71. The molecule has 0 unspecified atom stereocenters. The van der Waals surface area contributed by atoms with Gasteiger partial charge < -0.3 is 5.32 Å². The zero-order valence-corrected chi connectivity index (χ0v) is 13.4. The maximum atomic E-state index is 12.5. The predicted molar refractivity (Wildman–Crippen MR) is 78.7 cm³/mol. The second-order valence-corrected chi connectivity index (χ2v) is 7.75. The smallest absolute Gasteiger partial charge is 0.345 e. The number of carbonyl (C=O) groups excluding carboxylic acids is 1. The average molecular weight is 375 g/mol. The molecule has 1 aliphatic heterocycles. The van der Waals surface area contributed by atoms with Crippen LogP contribution in [0, 0.1) is 0 Å². The van der Waals surface area contributed by atoms with Gasteiger partial charge in [0.25, 0.3) is 11.7 Å². The Morgan fingerprint density at radius 1 is 1.24 bits per heavy atom. The monoisotopic (exact) mass is 375 g/mol. The van der Waals surface area contributed by atoms with Crippen molar-refractivity contribution in [2.45, 2.75) is 18.6 Å². The fourth-order valence-electron chi connectivity index (χ4n) is 2.36. The van der Waals surface area contributed by atoms with Gasteiger partial charge in [0.1, 0.15) is 0 Å². The van der Waals surface area contributed by atoms with Crippen LogP contribution in [0.2, 0.25) is 0 Å². The van der Waals surface area contributed by atoms with Crippen LogP contribution in [0.25, 0.3) is 5.69 Å². The van der Waals surface area contributed by atoms with E-state index in [9.17, 15) is 26.4 Å². The second-order valence-electron chi connectivity index (χ2n) is 5.52. The molecule has 0 bridgehead atoms. The highest BCUT2D eigenvalue weighted by atomic mass is 32.2. The van der Waals surface area contributed by atoms with Crippen LogP contribution in [0.4, 0.5) is 13.2 Å². The molecule has 1 atom stereocenters. The number of benzene rings is 1. The number of amides is 1. The highest BCUT2D eigenvalue weighted by Gasteiger charge is 2.31. The van der Waals surface area contributed by atoms with Crippen molar-refractivity contribution in [1.29, 1.82) is 0 Å². The first kappa shape index (κ1) is 17.3. The van der Waals surface area contributed by atoms with Crippen LogP contribution in [0.3, 0.4) is 0 Å². The van der Waals surface area contributed by atoms with E-state index in [1.165, 1.54) is 0 Å². The van der Waals surface area contributed by atoms with Crippen molar-refractivity contribution < 1.29 is 26.4 Å². The van der Waals surface area contributed by atoms with Crippen molar-refractivity contribution >= 4 is 15.7 Å². The van der Waals surface area contributed by atoms with Gasteiger partial charge in [-0.3, -0.25) is 4.79 Å². The van der Waals surface area contributed by atoms with Gasteiger partial charge in [-0.15, -0.1) is 15.0 Å². The molecule has 1 amide bonds. The maximum absolute atomic E-state index is 12.5. The normalized spacial score (nSPS) is 19.7. The van der Waals surface area contributed by atoms with Crippen molar-refractivity contribution in [1.82, 2.24) is 25.5 Å². The van der Waals surface area contributed by atoms with Gasteiger partial charge >= 0.3 is 6.18 Å². The number of rotatable bonds is 3. The Kier molecular flexibility index (Phi) is 4.22. The van der Waals surface area contributed by atoms with Crippen LogP contribution in [-0.4, -0.2) is 52.1 Å². The standard InChI is InChI=1S/C13H12F3N5O3S/c14-13(15,16)8-1-3-10(4-2-8)21-19-11(18-20-21)12(22)17-9-5-6-25(23,24)7-9/h1-4,9H,5-7H2,(H,17,22)/t9-/m0/s1. The Hall–Kier alpha value is -2.50. The van der Waals surface area contributed by atoms with Crippen LogP contribution in [0.1, 0.15) is 22.6 Å². The third kappa shape index (κ3) is 3.95. The molecule has 0 spiro atoms. The lowest BCUT2D eigenvalue weighted by molar-refractivity contribution is -0.137. The summed E-state index contributed by atoms with van der Waals surface area (Å²) in [6, 6.07) is 3.50. The number of hydrogen-bond acceptors (Lipinski definition) is 6. The minimum Gasteiger partial charge on any atom is -0.345 e. The summed E-state index contributed by atoms with van der Waals surface area (Å²) in [6.45, 7) is 0. The molecule has 2 aromatic rings. The lowest BCUT2D eigenvalue weighted by atomic mass is 10.2. The Labute approximate surface area is 139 Å². The van der Waals surface area contributed by atoms with E-state index in [0.29, 0.717) is 6.42 Å². The Bertz CT molecular complexity index is 892. The summed E-state index contributed by atoms with van der Waals surface area (Å²) in [5.74, 6) is -1.14. The number of carbonyl (C=O) groups is 1. The summed E-state index contributed by atoms with van der Waals surface area (Å²) in [7, 11) is -3.15. The molecule has 3 rings (SSSR count). The number of alkyl halides is 3. The van der Waals surface area contributed by atoms with Gasteiger partial charge in [-0.25, -0.2) is 8.42 Å². The predicted octanol–water partition coefficient (Wildman–Crippen LogP) is 0.598. The molecule has 1 saturated heterocycles. The molecule has 134 valence electrons. The van der Waals surface area contributed by atoms with Crippen molar-refractivity contribution in [3.05, 3.63) is 35.7 Å². The minimum atomic E-state index is -4.46. The molecule has 12 heteroatoms. The van der Waals surface area contributed by atoms with Gasteiger partial charge in [0.05, 0.1) is 22.8 Å². The van der Waals surface area contributed by atoms with E-state index in [-0.39, 0.29) is 23.0 Å². The molecule has 0 aliphatic carbocycles. The van der Waals surface area contributed by atoms with E-state index in [4.69, 9.17) is 0 Å². The lowest BCUT2D eigenvalue weighted by Gasteiger charge is -2.08. The highest BCUT2D eigenvalue weighted by Crippen LogP contribution is 2.29. The molecular formula is C13H12F3N5O3S. The van der Waals surface area contributed by atoms with Gasteiger partial charge in [-0.05, 0) is 35.9 Å². The van der Waals surface area contributed by atoms with Gasteiger partial charge in [0.2, 0.25) is 0 Å². The zero-order chi connectivity index (χ0) is 18.2. The molecule has 0 saturated carbocycles. The number of nitrogens with one attached hydrogen (secondary N) is 1. The van der Waals surface area contributed by atoms with Crippen molar-refractivity contribution in [2.75, 3.05) is 11.5 Å². The minimum absolute atomic E-state index is 0.00359. The average Bonchev–Trinajstić information content (AvgIpc) is 3.13. The summed E-state index contributed by atoms with van der Waals surface area (Å²) in [5.41, 5.74) is -0.625. The van der Waals surface area contributed by atoms with E-state index >= 15 is 0 Å². The molecule has 1 aliphatic rings. The van der Waals surface area contributed by atoms with Gasteiger partial charge in [-0.1, -0.05) is 0 Å². The molecule has 25 heavy (non-hydrogen) atoms. The van der Waals surface area contributed by atoms with E-state index < -0.39 is 33.5 Å². The van der Waals surface area contributed by atoms with Gasteiger partial charge in [-0.2, -0.15) is 13.2 Å². The van der Waals surface area contributed by atoms with Crippen LogP contribution in [0.5, 0.6) is 0 Å². The summed E-state index contributed by atoms with van der Waals surface area (Å²) in [4.78, 5) is 12.9. The van der Waals surface area contributed by atoms with E-state index in [0.717, 1.165) is 29.1 Å². The molecular weight excluding hydrogens is 363 g/mol. The second kappa shape index (κ2) is 6.10. The fraction of sp³-hybridized carbons (Fsp3) is 0.385. The lowest BCUT2D eigenvalue weighted by Crippen LogP contribution is -2.36. The molecule has 1 N–H and O–H groups in total. The number of hydrogen-bond donors (Lipinski definition) is 1. The van der Waals surface area contributed by atoms with Gasteiger partial charge in [0, 0.05) is 6.04 Å². The number of tetrazole rings is 1. The molecule has 1 aromatic heterocycles. The number of nitrogens with zero attached hydrogens (tertiary/aromatic N) is 4. The van der Waals surface area contributed by atoms with Crippen molar-refractivity contribution in [3.8, 4) is 5.69 Å². The first-order chi connectivity index (χ1) is 11.6. The zero-order valence-electron chi connectivity index (χ0n) is 12.6. The molecule has 0 radical (unpaired) electrons. The largest absolute Gasteiger partial charge is 0.416 e. The summed E-state index contributed by atoms with van der Waals surface area (Å²) < 4.78 is 60.3. The van der Waals surface area contributed by atoms with Crippen molar-refractivity contribution in [2.24, 2.45) is 0 Å². The third-order valence-electron chi connectivity index (χ3n) is 3.61. The number of sulfone groups is 1. The van der Waals surface area contributed by atoms with Gasteiger partial charge in [0.15, 0.2) is 9.84 Å². The topological polar surface area (TPSA) is 107 Å². The van der Waals surface area contributed by atoms with Crippen LogP contribution in [0.15, 0.2) is 24.3 Å². The van der Waals surface area contributed by atoms with E-state index in [1.807, 2.05) is 0 Å². The summed E-state index contributed by atoms with van der Waals surface area (Å²) >= 11 is 0. The number of aromatic nitrogens is 4. The van der Waals surface area contributed by atoms with Crippen LogP contribution < -0.4 is 5.32 Å². The van der Waals surface area contributed by atoms with Crippen molar-refractivity contribution in [3.63, 3.8) is 0 Å². The highest BCUT2D eigenvalue weighted by molar-refractivity contribution is 7.91. The Morgan fingerprint density at radius 3 is 2.48 bits per heavy atom. The quantitative estimate of drug-likeness (QED) is 0.842. The number of halogens is 3. The first-order valence-electron chi connectivity index (χ1n) is 7.13. The fourth-order valence-corrected chi connectivity index (χ4v) is 4.03. The third-order valence-corrected chi connectivity index (χ3v) is 5.38. The maximum Gasteiger partial charge on any atom is 0.416 e. The Morgan fingerprint density at radius 2 is 1.92 bits per heavy atom. The SMILES string of the molecule is O=C(N[C@H]1CCS(=O)(=O)C1)c1nnn(-c2ccc(C(F)(F)F)cc2)n1. The summed E-state index contributed by atoms with van der Waals surface area (Å²) in [6.07, 6.45) is -4.15. The summed E-state index contributed by atoms with van der Waals surface area (Å²) in [5, 5.41) is 13.5. The van der Waals surface area contributed by atoms with E-state index in [2.05, 4.69) is 20.7 Å². The van der Waals surface area contributed by atoms with Crippen LogP contribution in [-0.2, 0) is 16.0 Å². The first-order valence-corrected chi connectivity index (χ1v) is 8.95. The molecule has 8 nitrogen and oxygen atoms in total. The molecule has 2 heterocycles. The molecule has 1 aromatic carbocycles. The van der Waals surface area contributed by atoms with Crippen LogP contribution >= 0.6 is 0 Å². The van der Waals surface area contributed by atoms with E-state index in [1.54, 1.807) is 0 Å².